The number of carboxylic acid groups (broad SMARTS) is 1. The second-order valence-electron chi connectivity index (χ2n) is 9.49. The number of benzene rings is 2. The molecule has 0 fully saturated rings. The number of anilines is 1. The van der Waals surface area contributed by atoms with Crippen molar-refractivity contribution in [2.45, 2.75) is 44.9 Å². The molecule has 0 aliphatic carbocycles. The van der Waals surface area contributed by atoms with E-state index in [1.54, 1.807) is 36.5 Å². The van der Waals surface area contributed by atoms with E-state index in [1.807, 2.05) is 12.2 Å². The molecule has 42 heavy (non-hydrogen) atoms. The number of carbonyl (C=O) groups is 2. The number of aryl methyl sites for hydroxylation is 1. The molecule has 2 atom stereocenters. The molecular weight excluding hydrogens is 583 g/mol. The van der Waals surface area contributed by atoms with Gasteiger partial charge in [-0.05, 0) is 48.7 Å². The molecule has 13 heteroatoms. The first kappa shape index (κ1) is 30.6. The smallest absolute Gasteiger partial charge is 0.408 e. The van der Waals surface area contributed by atoms with E-state index in [4.69, 9.17) is 11.6 Å². The molecule has 1 amide bonds. The van der Waals surface area contributed by atoms with Crippen molar-refractivity contribution in [3.8, 4) is 11.3 Å². The van der Waals surface area contributed by atoms with Gasteiger partial charge in [0.2, 0.25) is 0 Å². The Morgan fingerprint density at radius 2 is 1.74 bits per heavy atom. The molecule has 4 rings (SSSR count). The van der Waals surface area contributed by atoms with Gasteiger partial charge >= 0.3 is 12.1 Å². The summed E-state index contributed by atoms with van der Waals surface area (Å²) in [7, 11) is 0. The summed E-state index contributed by atoms with van der Waals surface area (Å²) in [6, 6.07) is 5.76. The van der Waals surface area contributed by atoms with Gasteiger partial charge in [-0.25, -0.2) is 13.6 Å². The lowest BCUT2D eigenvalue weighted by atomic mass is 9.96. The quantitative estimate of drug-likeness (QED) is 0.183. The zero-order valence-corrected chi connectivity index (χ0v) is 22.9. The summed E-state index contributed by atoms with van der Waals surface area (Å²) < 4.78 is 68.8. The van der Waals surface area contributed by atoms with Gasteiger partial charge in [-0.1, -0.05) is 36.7 Å². The first-order chi connectivity index (χ1) is 19.8. The third-order valence-corrected chi connectivity index (χ3v) is 7.12. The zero-order valence-electron chi connectivity index (χ0n) is 22.2. The fraction of sp³-hybridized carbons (Fsp3) is 0.241. The van der Waals surface area contributed by atoms with Crippen molar-refractivity contribution in [3.63, 3.8) is 0 Å². The molecule has 0 aliphatic heterocycles. The van der Waals surface area contributed by atoms with Crippen LogP contribution in [-0.4, -0.2) is 45.2 Å². The SMILES string of the molecule is CC[C@@H](Nc1cc(F)c(C(=O)N[C@@H](Cc2ccc(-c3nccc(C)c3Cl)c3ncccc23)C(=O)O)c(F)c1)C(F)(F)F. The van der Waals surface area contributed by atoms with E-state index in [-0.39, 0.29) is 6.42 Å². The predicted octanol–water partition coefficient (Wildman–Crippen LogP) is 6.72. The number of aromatic nitrogens is 2. The Hall–Kier alpha value is -4.32. The standard InChI is InChI=1S/C29H24ClF5N4O3/c1-3-22(29(33,34)35)38-16-12-19(31)23(20(32)13-16)27(40)39-21(28(41)42)11-15-6-7-18(25-17(15)5-4-9-36-25)26-24(30)14(2)8-10-37-26/h4-10,12-13,21-22,38H,3,11H2,1-2H3,(H,39,40)(H,41,42)/t21-,22+/m0/s1. The summed E-state index contributed by atoms with van der Waals surface area (Å²) in [5.41, 5.74) is 1.12. The molecule has 0 spiro atoms. The van der Waals surface area contributed by atoms with Crippen LogP contribution in [0.4, 0.5) is 27.6 Å². The van der Waals surface area contributed by atoms with Crippen molar-refractivity contribution in [1.29, 1.82) is 0 Å². The lowest BCUT2D eigenvalue weighted by Crippen LogP contribution is -2.43. The van der Waals surface area contributed by atoms with Crippen LogP contribution >= 0.6 is 11.6 Å². The minimum Gasteiger partial charge on any atom is -0.480 e. The van der Waals surface area contributed by atoms with E-state index in [0.29, 0.717) is 44.9 Å². The summed E-state index contributed by atoms with van der Waals surface area (Å²) in [6.45, 7) is 3.06. The van der Waals surface area contributed by atoms with Gasteiger partial charge < -0.3 is 15.7 Å². The Balaban J connectivity index is 1.62. The van der Waals surface area contributed by atoms with Gasteiger partial charge in [0.25, 0.3) is 5.91 Å². The van der Waals surface area contributed by atoms with Crippen LogP contribution < -0.4 is 10.6 Å². The highest BCUT2D eigenvalue weighted by Crippen LogP contribution is 2.34. The monoisotopic (exact) mass is 606 g/mol. The molecule has 0 aliphatic rings. The van der Waals surface area contributed by atoms with Gasteiger partial charge in [0.15, 0.2) is 0 Å². The van der Waals surface area contributed by atoms with Gasteiger partial charge in [-0.3, -0.25) is 14.8 Å². The molecule has 4 aromatic rings. The fourth-order valence-electron chi connectivity index (χ4n) is 4.47. The number of nitrogens with zero attached hydrogens (tertiary/aromatic N) is 2. The molecule has 3 N–H and O–H groups in total. The largest absolute Gasteiger partial charge is 0.480 e. The molecule has 0 saturated carbocycles. The van der Waals surface area contributed by atoms with Crippen LogP contribution in [0.1, 0.15) is 34.8 Å². The number of halogens is 6. The van der Waals surface area contributed by atoms with Crippen LogP contribution in [0.3, 0.4) is 0 Å². The Morgan fingerprint density at radius 3 is 2.36 bits per heavy atom. The first-order valence-corrected chi connectivity index (χ1v) is 13.0. The van der Waals surface area contributed by atoms with Crippen molar-refractivity contribution in [2.75, 3.05) is 5.32 Å². The molecule has 2 heterocycles. The molecule has 0 saturated heterocycles. The molecule has 7 nitrogen and oxygen atoms in total. The van der Waals surface area contributed by atoms with E-state index >= 15 is 0 Å². The van der Waals surface area contributed by atoms with Crippen molar-refractivity contribution in [3.05, 3.63) is 88.2 Å². The van der Waals surface area contributed by atoms with Gasteiger partial charge in [0, 0.05) is 35.5 Å². The summed E-state index contributed by atoms with van der Waals surface area (Å²) >= 11 is 6.47. The van der Waals surface area contributed by atoms with Crippen molar-refractivity contribution in [1.82, 2.24) is 15.3 Å². The number of aliphatic carboxylic acids is 1. The number of carbonyl (C=O) groups excluding carboxylic acids is 1. The first-order valence-electron chi connectivity index (χ1n) is 12.7. The van der Waals surface area contributed by atoms with Crippen molar-refractivity contribution < 1.29 is 36.6 Å². The van der Waals surface area contributed by atoms with Gasteiger partial charge in [-0.15, -0.1) is 0 Å². The van der Waals surface area contributed by atoms with Crippen molar-refractivity contribution >= 4 is 40.1 Å². The second kappa shape index (κ2) is 12.3. The van der Waals surface area contributed by atoms with E-state index in [1.165, 1.54) is 13.1 Å². The molecule has 2 aromatic heterocycles. The number of alkyl halides is 3. The van der Waals surface area contributed by atoms with Crippen LogP contribution in [0, 0.1) is 18.6 Å². The van der Waals surface area contributed by atoms with E-state index in [2.05, 4.69) is 15.3 Å². The zero-order chi connectivity index (χ0) is 30.8. The van der Waals surface area contributed by atoms with E-state index in [0.717, 1.165) is 5.56 Å². The molecule has 220 valence electrons. The lowest BCUT2D eigenvalue weighted by molar-refractivity contribution is -0.143. The normalized spacial score (nSPS) is 13.0. The minimum atomic E-state index is -4.67. The molecule has 0 bridgehead atoms. The maximum Gasteiger partial charge on any atom is 0.408 e. The Labute approximate surface area is 241 Å². The number of fused-ring (bicyclic) bond motifs is 1. The van der Waals surface area contributed by atoms with Gasteiger partial charge in [-0.2, -0.15) is 13.2 Å². The van der Waals surface area contributed by atoms with Crippen LogP contribution in [0.25, 0.3) is 22.2 Å². The number of hydrogen-bond donors (Lipinski definition) is 3. The van der Waals surface area contributed by atoms with E-state index < -0.39 is 59.4 Å². The lowest BCUT2D eigenvalue weighted by Gasteiger charge is -2.22. The second-order valence-corrected chi connectivity index (χ2v) is 9.87. The number of pyridine rings is 2. The fourth-order valence-corrected chi connectivity index (χ4v) is 4.68. The number of rotatable bonds is 9. The minimum absolute atomic E-state index is 0.287. The third kappa shape index (κ3) is 6.43. The third-order valence-electron chi connectivity index (χ3n) is 6.64. The predicted molar refractivity (Wildman–Crippen MR) is 147 cm³/mol. The van der Waals surface area contributed by atoms with Gasteiger partial charge in [0.05, 0.1) is 16.2 Å². The maximum atomic E-state index is 14.8. The van der Waals surface area contributed by atoms with Crippen LogP contribution in [0.15, 0.2) is 54.9 Å². The van der Waals surface area contributed by atoms with Crippen LogP contribution in [0.2, 0.25) is 5.02 Å². The highest BCUT2D eigenvalue weighted by Gasteiger charge is 2.38. The number of carboxylic acids is 1. The molecular formula is C29H24ClF5N4O3. The number of hydrogen-bond acceptors (Lipinski definition) is 5. The average Bonchev–Trinajstić information content (AvgIpc) is 2.92. The summed E-state index contributed by atoms with van der Waals surface area (Å²) in [4.78, 5) is 33.7. The van der Waals surface area contributed by atoms with E-state index in [9.17, 15) is 36.6 Å². The number of amides is 1. The highest BCUT2D eigenvalue weighted by molar-refractivity contribution is 6.34. The molecule has 2 aromatic carbocycles. The highest BCUT2D eigenvalue weighted by atomic mass is 35.5. The van der Waals surface area contributed by atoms with Gasteiger partial charge in [0.1, 0.15) is 29.3 Å². The topological polar surface area (TPSA) is 104 Å². The van der Waals surface area contributed by atoms with Crippen LogP contribution in [0.5, 0.6) is 0 Å². The van der Waals surface area contributed by atoms with Crippen molar-refractivity contribution in [2.24, 2.45) is 0 Å². The summed E-state index contributed by atoms with van der Waals surface area (Å²) in [6.07, 6.45) is -2.24. The maximum absolute atomic E-state index is 14.8. The Bertz CT molecular complexity index is 1640. The molecule has 0 unspecified atom stereocenters. The Morgan fingerprint density at radius 1 is 1.05 bits per heavy atom. The number of nitrogens with one attached hydrogen (secondary N) is 2. The average molecular weight is 607 g/mol. The summed E-state index contributed by atoms with van der Waals surface area (Å²) in [5, 5.41) is 14.9. The Kier molecular flexibility index (Phi) is 8.95. The summed E-state index contributed by atoms with van der Waals surface area (Å²) in [5.74, 6) is -5.79. The molecule has 0 radical (unpaired) electrons. The van der Waals surface area contributed by atoms with Crippen LogP contribution in [-0.2, 0) is 11.2 Å².